The predicted octanol–water partition coefficient (Wildman–Crippen LogP) is 2.32. The molecule has 0 bridgehead atoms. The quantitative estimate of drug-likeness (QED) is 0.860. The van der Waals surface area contributed by atoms with Gasteiger partial charge in [0.2, 0.25) is 0 Å². The Kier molecular flexibility index (Phi) is 3.51. The predicted molar refractivity (Wildman–Crippen MR) is 55.5 cm³/mol. The highest BCUT2D eigenvalue weighted by Gasteiger charge is 2.28. The van der Waals surface area contributed by atoms with Crippen molar-refractivity contribution in [3.05, 3.63) is 35.4 Å². The van der Waals surface area contributed by atoms with Gasteiger partial charge in [0.1, 0.15) is 12.7 Å². The van der Waals surface area contributed by atoms with Crippen LogP contribution in [-0.2, 0) is 11.2 Å². The minimum Gasteiger partial charge on any atom is -0.386 e. The highest BCUT2D eigenvalue weighted by atomic mass is 19.3. The van der Waals surface area contributed by atoms with Crippen molar-refractivity contribution >= 4 is 0 Å². The molecule has 0 heterocycles. The van der Waals surface area contributed by atoms with Crippen molar-refractivity contribution in [3.8, 4) is 0 Å². The van der Waals surface area contributed by atoms with Crippen molar-refractivity contribution < 1.29 is 18.6 Å². The zero-order chi connectivity index (χ0) is 11.5. The topological polar surface area (TPSA) is 29.5 Å². The van der Waals surface area contributed by atoms with Crippen LogP contribution in [0, 0.1) is 0 Å². The summed E-state index contributed by atoms with van der Waals surface area (Å²) in [4.78, 5) is 0. The first kappa shape index (κ1) is 11.5. The summed E-state index contributed by atoms with van der Waals surface area (Å²) in [6, 6.07) is 7.50. The number of aliphatic hydroxyl groups is 1. The van der Waals surface area contributed by atoms with Crippen LogP contribution in [0.5, 0.6) is 0 Å². The van der Waals surface area contributed by atoms with Gasteiger partial charge in [-0.3, -0.25) is 0 Å². The summed E-state index contributed by atoms with van der Waals surface area (Å²) in [5, 5.41) is 9.96. The van der Waals surface area contributed by atoms with Gasteiger partial charge in [0.05, 0.1) is 6.10 Å². The molecule has 1 aliphatic carbocycles. The first-order valence-electron chi connectivity index (χ1n) is 5.34. The van der Waals surface area contributed by atoms with Gasteiger partial charge in [-0.15, -0.1) is 0 Å². The molecule has 0 saturated carbocycles. The molecular weight excluding hydrogens is 214 g/mol. The summed E-state index contributed by atoms with van der Waals surface area (Å²) in [5.74, 6) is 0. The number of ether oxygens (including phenoxy) is 1. The van der Waals surface area contributed by atoms with E-state index in [-0.39, 0.29) is 0 Å². The summed E-state index contributed by atoms with van der Waals surface area (Å²) in [6.07, 6.45) is -2.43. The Hall–Kier alpha value is -1.00. The van der Waals surface area contributed by atoms with Gasteiger partial charge in [0, 0.05) is 0 Å². The average Bonchev–Trinajstić information content (AvgIpc) is 2.28. The molecule has 4 heteroatoms. The molecule has 1 aromatic rings. The first-order valence-corrected chi connectivity index (χ1v) is 5.34. The van der Waals surface area contributed by atoms with Crippen molar-refractivity contribution in [2.24, 2.45) is 0 Å². The molecule has 1 aromatic carbocycles. The van der Waals surface area contributed by atoms with E-state index in [2.05, 4.69) is 0 Å². The Bertz CT molecular complexity index is 355. The van der Waals surface area contributed by atoms with E-state index in [9.17, 15) is 13.9 Å². The molecule has 2 unspecified atom stereocenters. The first-order chi connectivity index (χ1) is 7.68. The Morgan fingerprint density at radius 3 is 2.88 bits per heavy atom. The molecule has 0 radical (unpaired) electrons. The van der Waals surface area contributed by atoms with Gasteiger partial charge in [0.25, 0.3) is 6.43 Å². The van der Waals surface area contributed by atoms with Gasteiger partial charge in [0.15, 0.2) is 0 Å². The molecule has 0 amide bonds. The minimum atomic E-state index is -2.48. The van der Waals surface area contributed by atoms with Crippen molar-refractivity contribution in [3.63, 3.8) is 0 Å². The van der Waals surface area contributed by atoms with E-state index in [4.69, 9.17) is 4.74 Å². The van der Waals surface area contributed by atoms with Gasteiger partial charge < -0.3 is 9.84 Å². The third kappa shape index (κ3) is 2.39. The van der Waals surface area contributed by atoms with Crippen LogP contribution in [0.3, 0.4) is 0 Å². The third-order valence-corrected chi connectivity index (χ3v) is 2.86. The Morgan fingerprint density at radius 2 is 2.12 bits per heavy atom. The van der Waals surface area contributed by atoms with Crippen LogP contribution in [0.1, 0.15) is 23.7 Å². The van der Waals surface area contributed by atoms with E-state index >= 15 is 0 Å². The Morgan fingerprint density at radius 1 is 1.38 bits per heavy atom. The molecule has 2 nitrogen and oxygen atoms in total. The van der Waals surface area contributed by atoms with E-state index in [0.29, 0.717) is 6.42 Å². The number of alkyl halides is 2. The van der Waals surface area contributed by atoms with Crippen LogP contribution in [0.25, 0.3) is 0 Å². The summed E-state index contributed by atoms with van der Waals surface area (Å²) < 4.78 is 29.0. The Balaban J connectivity index is 2.06. The number of rotatable bonds is 3. The average molecular weight is 228 g/mol. The van der Waals surface area contributed by atoms with Gasteiger partial charge in [-0.25, -0.2) is 8.78 Å². The van der Waals surface area contributed by atoms with Gasteiger partial charge in [-0.05, 0) is 24.0 Å². The van der Waals surface area contributed by atoms with Gasteiger partial charge in [-0.1, -0.05) is 24.3 Å². The number of fused-ring (bicyclic) bond motifs is 1. The van der Waals surface area contributed by atoms with E-state index in [1.54, 1.807) is 0 Å². The molecule has 16 heavy (non-hydrogen) atoms. The van der Waals surface area contributed by atoms with Crippen LogP contribution < -0.4 is 0 Å². The SMILES string of the molecule is OC1c2ccccc2CCC1OCC(F)F. The zero-order valence-corrected chi connectivity index (χ0v) is 8.77. The number of hydrogen-bond acceptors (Lipinski definition) is 2. The highest BCUT2D eigenvalue weighted by Crippen LogP contribution is 2.31. The molecule has 1 N–H and O–H groups in total. The molecule has 88 valence electrons. The summed E-state index contributed by atoms with van der Waals surface area (Å²) >= 11 is 0. The lowest BCUT2D eigenvalue weighted by Gasteiger charge is -2.29. The van der Waals surface area contributed by atoms with Crippen LogP contribution in [-0.4, -0.2) is 24.2 Å². The Labute approximate surface area is 92.9 Å². The van der Waals surface area contributed by atoms with Crippen LogP contribution in [0.15, 0.2) is 24.3 Å². The molecule has 0 spiro atoms. The van der Waals surface area contributed by atoms with E-state index in [1.165, 1.54) is 0 Å². The normalized spacial score (nSPS) is 24.5. The van der Waals surface area contributed by atoms with Crippen molar-refractivity contribution in [2.45, 2.75) is 31.5 Å². The summed E-state index contributed by atoms with van der Waals surface area (Å²) in [7, 11) is 0. The lowest BCUT2D eigenvalue weighted by Crippen LogP contribution is -2.29. The van der Waals surface area contributed by atoms with E-state index < -0.39 is 25.2 Å². The van der Waals surface area contributed by atoms with Crippen molar-refractivity contribution in [1.29, 1.82) is 0 Å². The van der Waals surface area contributed by atoms with Crippen molar-refractivity contribution in [2.75, 3.05) is 6.61 Å². The lowest BCUT2D eigenvalue weighted by atomic mass is 9.87. The number of halogens is 2. The van der Waals surface area contributed by atoms with Gasteiger partial charge in [-0.2, -0.15) is 0 Å². The standard InChI is InChI=1S/C12H14F2O2/c13-11(14)7-16-10-6-5-8-3-1-2-4-9(8)12(10)15/h1-4,10-12,15H,5-7H2. The molecule has 2 atom stereocenters. The number of aliphatic hydroxyl groups excluding tert-OH is 1. The second-order valence-corrected chi connectivity index (χ2v) is 3.95. The molecule has 0 fully saturated rings. The number of benzene rings is 1. The largest absolute Gasteiger partial charge is 0.386 e. The highest BCUT2D eigenvalue weighted by molar-refractivity contribution is 5.32. The maximum atomic E-state index is 12.0. The fourth-order valence-corrected chi connectivity index (χ4v) is 2.08. The van der Waals surface area contributed by atoms with Crippen LogP contribution in [0.2, 0.25) is 0 Å². The van der Waals surface area contributed by atoms with Crippen LogP contribution in [0.4, 0.5) is 8.78 Å². The lowest BCUT2D eigenvalue weighted by molar-refractivity contribution is -0.0827. The van der Waals surface area contributed by atoms with E-state index in [0.717, 1.165) is 17.5 Å². The summed E-state index contributed by atoms with van der Waals surface area (Å²) in [6.45, 7) is -0.607. The molecule has 0 saturated heterocycles. The number of aryl methyl sites for hydroxylation is 1. The smallest absolute Gasteiger partial charge is 0.261 e. The molecule has 0 aliphatic heterocycles. The molecule has 2 rings (SSSR count). The third-order valence-electron chi connectivity index (χ3n) is 2.86. The maximum Gasteiger partial charge on any atom is 0.261 e. The second kappa shape index (κ2) is 4.89. The fourth-order valence-electron chi connectivity index (χ4n) is 2.08. The summed E-state index contributed by atoms with van der Waals surface area (Å²) in [5.41, 5.74) is 1.87. The fraction of sp³-hybridized carbons (Fsp3) is 0.500. The van der Waals surface area contributed by atoms with Gasteiger partial charge >= 0.3 is 0 Å². The second-order valence-electron chi connectivity index (χ2n) is 3.95. The van der Waals surface area contributed by atoms with E-state index in [1.807, 2.05) is 24.3 Å². The number of hydrogen-bond donors (Lipinski definition) is 1. The van der Waals surface area contributed by atoms with Crippen LogP contribution >= 0.6 is 0 Å². The maximum absolute atomic E-state index is 12.0. The minimum absolute atomic E-state index is 0.510. The molecule has 1 aliphatic rings. The van der Waals surface area contributed by atoms with Crippen molar-refractivity contribution in [1.82, 2.24) is 0 Å². The molecular formula is C12H14F2O2. The molecule has 0 aromatic heterocycles. The monoisotopic (exact) mass is 228 g/mol. The zero-order valence-electron chi connectivity index (χ0n) is 8.77.